The summed E-state index contributed by atoms with van der Waals surface area (Å²) in [4.78, 5) is 25.2. The van der Waals surface area contributed by atoms with Gasteiger partial charge >= 0.3 is 6.03 Å². The Labute approximate surface area is 181 Å². The normalized spacial score (nSPS) is 11.3. The molecule has 0 aliphatic heterocycles. The van der Waals surface area contributed by atoms with Crippen molar-refractivity contribution in [3.8, 4) is 6.07 Å². The molecule has 31 heavy (non-hydrogen) atoms. The van der Waals surface area contributed by atoms with Crippen molar-refractivity contribution in [3.63, 3.8) is 0 Å². The topological polar surface area (TPSA) is 94.0 Å². The number of hydrogen-bond acceptors (Lipinski definition) is 3. The molecular formula is C25H24N4O2. The fraction of sp³-hybridized carbons (Fsp3) is 0.160. The predicted molar refractivity (Wildman–Crippen MR) is 122 cm³/mol. The Morgan fingerprint density at radius 3 is 2.19 bits per heavy atom. The van der Waals surface area contributed by atoms with E-state index < -0.39 is 0 Å². The molecule has 0 bridgehead atoms. The monoisotopic (exact) mass is 412 g/mol. The first kappa shape index (κ1) is 21.6. The van der Waals surface area contributed by atoms with Crippen LogP contribution in [0.4, 0.5) is 16.2 Å². The predicted octanol–water partition coefficient (Wildman–Crippen LogP) is 5.33. The van der Waals surface area contributed by atoms with Crippen LogP contribution < -0.4 is 16.0 Å². The Morgan fingerprint density at radius 2 is 1.52 bits per heavy atom. The van der Waals surface area contributed by atoms with Gasteiger partial charge in [-0.2, -0.15) is 5.26 Å². The van der Waals surface area contributed by atoms with Gasteiger partial charge in [-0.1, -0.05) is 56.3 Å². The lowest BCUT2D eigenvalue weighted by atomic mass is 9.96. The van der Waals surface area contributed by atoms with E-state index in [4.69, 9.17) is 5.26 Å². The molecule has 0 radical (unpaired) electrons. The van der Waals surface area contributed by atoms with E-state index >= 15 is 0 Å². The summed E-state index contributed by atoms with van der Waals surface area (Å²) in [5.41, 5.74) is 2.92. The first-order valence-electron chi connectivity index (χ1n) is 10.0. The average Bonchev–Trinajstić information content (AvgIpc) is 2.78. The van der Waals surface area contributed by atoms with Gasteiger partial charge in [0.1, 0.15) is 0 Å². The maximum atomic E-state index is 12.6. The van der Waals surface area contributed by atoms with Crippen LogP contribution in [0.15, 0.2) is 78.9 Å². The fourth-order valence-electron chi connectivity index (χ4n) is 3.21. The third-order valence-corrected chi connectivity index (χ3v) is 4.74. The van der Waals surface area contributed by atoms with E-state index in [0.717, 1.165) is 5.56 Å². The van der Waals surface area contributed by atoms with E-state index in [1.165, 1.54) is 0 Å². The molecule has 0 heterocycles. The lowest BCUT2D eigenvalue weighted by Gasteiger charge is -2.23. The molecule has 156 valence electrons. The average molecular weight is 412 g/mol. The van der Waals surface area contributed by atoms with E-state index in [1.54, 1.807) is 48.5 Å². The first-order chi connectivity index (χ1) is 15.0. The second-order valence-electron chi connectivity index (χ2n) is 7.46. The second kappa shape index (κ2) is 10.1. The summed E-state index contributed by atoms with van der Waals surface area (Å²) >= 11 is 0. The lowest BCUT2D eigenvalue weighted by molar-refractivity contribution is 0.102. The van der Waals surface area contributed by atoms with E-state index in [0.29, 0.717) is 22.5 Å². The molecule has 0 aromatic heterocycles. The minimum atomic E-state index is -0.346. The van der Waals surface area contributed by atoms with Crippen molar-refractivity contribution in [3.05, 3.63) is 95.6 Å². The molecule has 3 N–H and O–H groups in total. The van der Waals surface area contributed by atoms with Crippen LogP contribution in [0.5, 0.6) is 0 Å². The summed E-state index contributed by atoms with van der Waals surface area (Å²) < 4.78 is 0. The van der Waals surface area contributed by atoms with E-state index in [1.807, 2.05) is 50.2 Å². The quantitative estimate of drug-likeness (QED) is 0.511. The number of hydrogen-bond donors (Lipinski definition) is 3. The summed E-state index contributed by atoms with van der Waals surface area (Å²) in [6.07, 6.45) is 0. The van der Waals surface area contributed by atoms with E-state index in [2.05, 4.69) is 16.0 Å². The summed E-state index contributed by atoms with van der Waals surface area (Å²) in [5.74, 6) is -0.127. The zero-order valence-corrected chi connectivity index (χ0v) is 17.4. The highest BCUT2D eigenvalue weighted by atomic mass is 16.2. The van der Waals surface area contributed by atoms with Crippen LogP contribution in [0.2, 0.25) is 0 Å². The van der Waals surface area contributed by atoms with Gasteiger partial charge in [-0.3, -0.25) is 4.79 Å². The third-order valence-electron chi connectivity index (χ3n) is 4.74. The number of nitrogens with zero attached hydrogens (tertiary/aromatic N) is 1. The Morgan fingerprint density at radius 1 is 0.839 bits per heavy atom. The maximum Gasteiger partial charge on any atom is 0.319 e. The number of carbonyl (C=O) groups is 2. The first-order valence-corrected chi connectivity index (χ1v) is 10.0. The number of nitriles is 1. The Bertz CT molecular complexity index is 1100. The van der Waals surface area contributed by atoms with Crippen LogP contribution >= 0.6 is 0 Å². The Balaban J connectivity index is 1.67. The molecule has 6 nitrogen and oxygen atoms in total. The van der Waals surface area contributed by atoms with Gasteiger partial charge in [0.2, 0.25) is 0 Å². The molecule has 3 rings (SSSR count). The highest BCUT2D eigenvalue weighted by Gasteiger charge is 2.18. The van der Waals surface area contributed by atoms with Crippen LogP contribution in [-0.4, -0.2) is 11.9 Å². The van der Waals surface area contributed by atoms with Crippen LogP contribution in [-0.2, 0) is 0 Å². The minimum Gasteiger partial charge on any atom is -0.331 e. The highest BCUT2D eigenvalue weighted by molar-refractivity contribution is 6.05. The van der Waals surface area contributed by atoms with Crippen molar-refractivity contribution in [2.45, 2.75) is 19.9 Å². The number of rotatable bonds is 6. The van der Waals surface area contributed by atoms with Gasteiger partial charge in [-0.05, 0) is 47.9 Å². The molecule has 1 unspecified atom stereocenters. The second-order valence-corrected chi connectivity index (χ2v) is 7.46. The number of urea groups is 1. The number of carbonyl (C=O) groups excluding carboxylic acids is 2. The summed E-state index contributed by atoms with van der Waals surface area (Å²) in [6.45, 7) is 4.09. The van der Waals surface area contributed by atoms with Gasteiger partial charge in [-0.25, -0.2) is 4.79 Å². The van der Waals surface area contributed by atoms with Crippen LogP contribution in [0, 0.1) is 17.2 Å². The molecule has 0 aliphatic carbocycles. The minimum absolute atomic E-state index is 0.139. The zero-order valence-electron chi connectivity index (χ0n) is 17.4. The van der Waals surface area contributed by atoms with Crippen molar-refractivity contribution in [1.82, 2.24) is 5.32 Å². The van der Waals surface area contributed by atoms with Gasteiger partial charge < -0.3 is 16.0 Å². The maximum absolute atomic E-state index is 12.6. The van der Waals surface area contributed by atoms with E-state index in [-0.39, 0.29) is 23.9 Å². The van der Waals surface area contributed by atoms with Gasteiger partial charge in [0.15, 0.2) is 0 Å². The number of anilines is 2. The third kappa shape index (κ3) is 5.94. The van der Waals surface area contributed by atoms with Crippen molar-refractivity contribution in [1.29, 1.82) is 5.26 Å². The standard InChI is InChI=1S/C25H24N4O2/c1-17(2)23(19-9-4-3-5-10-19)29-25(31)28-22-13-7-11-20(15-22)24(30)27-21-12-6-8-18(14-21)16-26/h3-15,17,23H,1-2H3,(H,27,30)(H2,28,29,31). The Hall–Kier alpha value is -4.11. The molecule has 1 atom stereocenters. The number of benzene rings is 3. The molecule has 0 saturated carbocycles. The molecule has 3 amide bonds. The fourth-order valence-corrected chi connectivity index (χ4v) is 3.21. The molecule has 0 fully saturated rings. The summed E-state index contributed by atoms with van der Waals surface area (Å²) in [7, 11) is 0. The van der Waals surface area contributed by atoms with Crippen molar-refractivity contribution < 1.29 is 9.59 Å². The smallest absolute Gasteiger partial charge is 0.319 e. The van der Waals surface area contributed by atoms with Gasteiger partial charge in [0.05, 0.1) is 17.7 Å². The molecule has 3 aromatic carbocycles. The number of amides is 3. The van der Waals surface area contributed by atoms with Crippen molar-refractivity contribution >= 4 is 23.3 Å². The molecule has 0 aliphatic rings. The summed E-state index contributed by atoms with van der Waals surface area (Å²) in [5, 5.41) is 17.6. The van der Waals surface area contributed by atoms with Crippen LogP contribution in [0.3, 0.4) is 0 Å². The summed E-state index contributed by atoms with van der Waals surface area (Å²) in [6, 6.07) is 24.7. The molecule has 0 spiro atoms. The number of nitrogens with one attached hydrogen (secondary N) is 3. The van der Waals surface area contributed by atoms with E-state index in [9.17, 15) is 9.59 Å². The van der Waals surface area contributed by atoms with Crippen molar-refractivity contribution in [2.24, 2.45) is 5.92 Å². The molecule has 0 saturated heterocycles. The zero-order chi connectivity index (χ0) is 22.2. The lowest BCUT2D eigenvalue weighted by Crippen LogP contribution is -2.35. The van der Waals surface area contributed by atoms with Crippen LogP contribution in [0.1, 0.15) is 41.4 Å². The van der Waals surface area contributed by atoms with Gasteiger partial charge in [-0.15, -0.1) is 0 Å². The van der Waals surface area contributed by atoms with Gasteiger partial charge in [0.25, 0.3) is 5.91 Å². The molecule has 3 aromatic rings. The van der Waals surface area contributed by atoms with Crippen molar-refractivity contribution in [2.75, 3.05) is 10.6 Å². The van der Waals surface area contributed by atoms with Crippen LogP contribution in [0.25, 0.3) is 0 Å². The Kier molecular flexibility index (Phi) is 7.02. The SMILES string of the molecule is CC(C)C(NC(=O)Nc1cccc(C(=O)Nc2cccc(C#N)c2)c1)c1ccccc1. The molecular weight excluding hydrogens is 388 g/mol. The highest BCUT2D eigenvalue weighted by Crippen LogP contribution is 2.22. The molecule has 6 heteroatoms. The largest absolute Gasteiger partial charge is 0.331 e. The van der Waals surface area contributed by atoms with Gasteiger partial charge in [0, 0.05) is 16.9 Å².